The molecule has 0 aliphatic heterocycles. The Kier molecular flexibility index (Phi) is 6.93. The summed E-state index contributed by atoms with van der Waals surface area (Å²) in [7, 11) is -3.40. The molecule has 0 unspecified atom stereocenters. The Bertz CT molecular complexity index is 1190. The molecule has 0 radical (unpaired) electrons. The SMILES string of the molecule is CS(=O)(=O)c1ccc([C@H](CC(=O)Nc2cnc(-c3ccsc3)cn2)C2CCCC2)cc1Cl. The Labute approximate surface area is 197 Å². The first kappa shape index (κ1) is 22.9. The van der Waals surface area contributed by atoms with Gasteiger partial charge in [0.2, 0.25) is 5.91 Å². The van der Waals surface area contributed by atoms with Crippen molar-refractivity contribution in [2.45, 2.75) is 42.9 Å². The summed E-state index contributed by atoms with van der Waals surface area (Å²) >= 11 is 7.88. The number of benzene rings is 1. The van der Waals surface area contributed by atoms with E-state index in [4.69, 9.17) is 11.6 Å². The predicted octanol–water partition coefficient (Wildman–Crippen LogP) is 5.56. The molecule has 1 aliphatic rings. The summed E-state index contributed by atoms with van der Waals surface area (Å²) in [4.78, 5) is 21.7. The molecule has 3 aromatic rings. The zero-order chi connectivity index (χ0) is 22.7. The maximum absolute atomic E-state index is 12.9. The second-order valence-corrected chi connectivity index (χ2v) is 11.3. The van der Waals surface area contributed by atoms with E-state index in [0.29, 0.717) is 11.7 Å². The number of nitrogens with one attached hydrogen (secondary N) is 1. The fraction of sp³-hybridized carbons (Fsp3) is 0.348. The zero-order valence-corrected chi connectivity index (χ0v) is 20.0. The molecule has 0 bridgehead atoms. The number of hydrogen-bond acceptors (Lipinski definition) is 6. The van der Waals surface area contributed by atoms with Crippen molar-refractivity contribution in [3.05, 3.63) is 58.0 Å². The van der Waals surface area contributed by atoms with Crippen LogP contribution in [0.3, 0.4) is 0 Å². The summed E-state index contributed by atoms with van der Waals surface area (Å²) in [5.41, 5.74) is 2.65. The minimum Gasteiger partial charge on any atom is -0.309 e. The Morgan fingerprint density at radius 1 is 1.22 bits per heavy atom. The van der Waals surface area contributed by atoms with Crippen LogP contribution in [0, 0.1) is 5.92 Å². The lowest BCUT2D eigenvalue weighted by Gasteiger charge is -2.24. The number of halogens is 1. The number of rotatable bonds is 7. The molecule has 1 aromatic carbocycles. The highest BCUT2D eigenvalue weighted by molar-refractivity contribution is 7.90. The molecule has 1 N–H and O–H groups in total. The van der Waals surface area contributed by atoms with Crippen LogP contribution in [0.25, 0.3) is 11.3 Å². The van der Waals surface area contributed by atoms with E-state index in [1.165, 1.54) is 0 Å². The highest BCUT2D eigenvalue weighted by atomic mass is 35.5. The lowest BCUT2D eigenvalue weighted by Crippen LogP contribution is -2.20. The van der Waals surface area contributed by atoms with Crippen molar-refractivity contribution in [2.75, 3.05) is 11.6 Å². The molecule has 1 aliphatic carbocycles. The van der Waals surface area contributed by atoms with Crippen LogP contribution in [0.2, 0.25) is 5.02 Å². The monoisotopic (exact) mass is 489 g/mol. The van der Waals surface area contributed by atoms with Gasteiger partial charge >= 0.3 is 0 Å². The van der Waals surface area contributed by atoms with Gasteiger partial charge in [0.1, 0.15) is 0 Å². The summed E-state index contributed by atoms with van der Waals surface area (Å²) < 4.78 is 23.8. The van der Waals surface area contributed by atoms with E-state index in [1.807, 2.05) is 16.8 Å². The van der Waals surface area contributed by atoms with Crippen molar-refractivity contribution in [1.82, 2.24) is 9.97 Å². The average molecular weight is 490 g/mol. The number of hydrogen-bond donors (Lipinski definition) is 1. The predicted molar refractivity (Wildman–Crippen MR) is 128 cm³/mol. The molecule has 1 atom stereocenters. The number of carbonyl (C=O) groups excluding carboxylic acids is 1. The maximum atomic E-state index is 12.9. The molecular weight excluding hydrogens is 466 g/mol. The van der Waals surface area contributed by atoms with Gasteiger partial charge in [0.15, 0.2) is 15.7 Å². The Hall–Kier alpha value is -2.29. The van der Waals surface area contributed by atoms with Crippen LogP contribution >= 0.6 is 22.9 Å². The highest BCUT2D eigenvalue weighted by Gasteiger charge is 2.29. The van der Waals surface area contributed by atoms with Crippen LogP contribution in [0.1, 0.15) is 43.6 Å². The molecule has 1 amide bonds. The molecule has 1 fully saturated rings. The highest BCUT2D eigenvalue weighted by Crippen LogP contribution is 2.41. The van der Waals surface area contributed by atoms with Crippen LogP contribution in [0.4, 0.5) is 5.82 Å². The van der Waals surface area contributed by atoms with E-state index in [0.717, 1.165) is 48.8 Å². The quantitative estimate of drug-likeness (QED) is 0.469. The third-order valence-corrected chi connectivity index (χ3v) is 8.16. The van der Waals surface area contributed by atoms with Gasteiger partial charge in [0, 0.05) is 23.6 Å². The fourth-order valence-corrected chi connectivity index (χ4v) is 6.30. The van der Waals surface area contributed by atoms with E-state index in [-0.39, 0.29) is 28.2 Å². The summed E-state index contributed by atoms with van der Waals surface area (Å²) in [6.07, 6.45) is 8.97. The van der Waals surface area contributed by atoms with Crippen LogP contribution in [-0.2, 0) is 14.6 Å². The molecule has 2 heterocycles. The number of aromatic nitrogens is 2. The second-order valence-electron chi connectivity index (χ2n) is 8.16. The largest absolute Gasteiger partial charge is 0.309 e. The van der Waals surface area contributed by atoms with Gasteiger partial charge in [-0.1, -0.05) is 30.5 Å². The lowest BCUT2D eigenvalue weighted by atomic mass is 9.82. The van der Waals surface area contributed by atoms with Crippen molar-refractivity contribution in [1.29, 1.82) is 0 Å². The first-order valence-corrected chi connectivity index (χ1v) is 13.7. The summed E-state index contributed by atoms with van der Waals surface area (Å²) in [6, 6.07) is 7.00. The summed E-state index contributed by atoms with van der Waals surface area (Å²) in [5, 5.41) is 7.02. The van der Waals surface area contributed by atoms with E-state index in [2.05, 4.69) is 15.3 Å². The van der Waals surface area contributed by atoms with Crippen molar-refractivity contribution in [3.63, 3.8) is 0 Å². The smallest absolute Gasteiger partial charge is 0.226 e. The molecule has 32 heavy (non-hydrogen) atoms. The topological polar surface area (TPSA) is 89.0 Å². The normalized spacial score (nSPS) is 15.6. The first-order chi connectivity index (χ1) is 15.3. The van der Waals surface area contributed by atoms with Gasteiger partial charge in [-0.15, -0.1) is 0 Å². The van der Waals surface area contributed by atoms with E-state index < -0.39 is 9.84 Å². The van der Waals surface area contributed by atoms with Crippen LogP contribution in [-0.4, -0.2) is 30.5 Å². The van der Waals surface area contributed by atoms with Crippen molar-refractivity contribution < 1.29 is 13.2 Å². The van der Waals surface area contributed by atoms with E-state index in [1.54, 1.807) is 41.9 Å². The van der Waals surface area contributed by atoms with Crippen molar-refractivity contribution in [3.8, 4) is 11.3 Å². The van der Waals surface area contributed by atoms with Crippen LogP contribution in [0.15, 0.2) is 52.3 Å². The number of carbonyl (C=O) groups is 1. The average Bonchev–Trinajstić information content (AvgIpc) is 3.46. The van der Waals surface area contributed by atoms with Gasteiger partial charge in [-0.05, 0) is 53.8 Å². The Morgan fingerprint density at radius 2 is 2.00 bits per heavy atom. The van der Waals surface area contributed by atoms with Gasteiger partial charge in [0.25, 0.3) is 0 Å². The molecule has 4 rings (SSSR count). The van der Waals surface area contributed by atoms with Crippen LogP contribution in [0.5, 0.6) is 0 Å². The van der Waals surface area contributed by atoms with E-state index in [9.17, 15) is 13.2 Å². The summed E-state index contributed by atoms with van der Waals surface area (Å²) in [5.74, 6) is 0.571. The standard InChI is InChI=1S/C23H24ClN3O3S2/c1-32(29,30)21-7-6-16(10-19(21)24)18(15-4-2-3-5-15)11-23(28)27-22-13-25-20(12-26-22)17-8-9-31-14-17/h6-10,12-15,18H,2-5,11H2,1H3,(H,26,27,28)/t18-/m1/s1. The molecule has 2 aromatic heterocycles. The number of anilines is 1. The first-order valence-electron chi connectivity index (χ1n) is 10.5. The third-order valence-electron chi connectivity index (χ3n) is 5.89. The molecule has 0 spiro atoms. The molecule has 1 saturated carbocycles. The molecular formula is C23H24ClN3O3S2. The molecule has 168 valence electrons. The van der Waals surface area contributed by atoms with Crippen molar-refractivity contribution >= 4 is 44.5 Å². The van der Waals surface area contributed by atoms with Gasteiger partial charge in [-0.25, -0.2) is 13.4 Å². The zero-order valence-electron chi connectivity index (χ0n) is 17.6. The number of nitrogens with zero attached hydrogens (tertiary/aromatic N) is 2. The number of amides is 1. The molecule has 6 nitrogen and oxygen atoms in total. The van der Waals surface area contributed by atoms with Gasteiger partial charge in [0.05, 0.1) is 28.0 Å². The Balaban J connectivity index is 1.50. The van der Waals surface area contributed by atoms with Crippen LogP contribution < -0.4 is 5.32 Å². The number of thiophene rings is 1. The minimum atomic E-state index is -3.40. The Morgan fingerprint density at radius 3 is 2.59 bits per heavy atom. The fourth-order valence-electron chi connectivity index (χ4n) is 4.31. The van der Waals surface area contributed by atoms with Gasteiger partial charge < -0.3 is 5.32 Å². The minimum absolute atomic E-state index is 0.0401. The molecule has 0 saturated heterocycles. The maximum Gasteiger partial charge on any atom is 0.226 e. The third kappa shape index (κ3) is 5.36. The van der Waals surface area contributed by atoms with Gasteiger partial charge in [-0.3, -0.25) is 9.78 Å². The van der Waals surface area contributed by atoms with Crippen molar-refractivity contribution in [2.24, 2.45) is 5.92 Å². The second kappa shape index (κ2) is 9.68. The summed E-state index contributed by atoms with van der Waals surface area (Å²) in [6.45, 7) is 0. The lowest BCUT2D eigenvalue weighted by molar-refractivity contribution is -0.116. The number of sulfone groups is 1. The van der Waals surface area contributed by atoms with E-state index >= 15 is 0 Å². The molecule has 9 heteroatoms. The van der Waals surface area contributed by atoms with Gasteiger partial charge in [-0.2, -0.15) is 11.3 Å².